The van der Waals surface area contributed by atoms with Gasteiger partial charge in [-0.1, -0.05) is 48.5 Å². The monoisotopic (exact) mass is 281 g/mol. The Labute approximate surface area is 123 Å². The van der Waals surface area contributed by atoms with Crippen LogP contribution in [-0.4, -0.2) is 18.4 Å². The number of ether oxygens (including phenoxy) is 1. The predicted molar refractivity (Wildman–Crippen MR) is 78.7 cm³/mol. The lowest BCUT2D eigenvalue weighted by Gasteiger charge is -2.16. The molecule has 2 aromatic carbocycles. The molecule has 106 valence electrons. The minimum Gasteiger partial charge on any atom is -0.459 e. The number of carbonyl (C=O) groups excluding carboxylic acids is 2. The van der Waals surface area contributed by atoms with E-state index in [0.29, 0.717) is 6.42 Å². The summed E-state index contributed by atoms with van der Waals surface area (Å²) in [5, 5.41) is 0. The highest BCUT2D eigenvalue weighted by atomic mass is 16.5. The summed E-state index contributed by atoms with van der Waals surface area (Å²) in [4.78, 5) is 25.4. The van der Waals surface area contributed by atoms with Gasteiger partial charge in [0, 0.05) is 5.69 Å². The van der Waals surface area contributed by atoms with E-state index in [1.54, 1.807) is 0 Å². The van der Waals surface area contributed by atoms with E-state index in [1.807, 2.05) is 54.6 Å². The zero-order valence-corrected chi connectivity index (χ0v) is 11.5. The van der Waals surface area contributed by atoms with Gasteiger partial charge in [-0.15, -0.1) is 0 Å². The molecule has 0 aromatic heterocycles. The van der Waals surface area contributed by atoms with Gasteiger partial charge in [0.2, 0.25) is 5.91 Å². The number of fused-ring (bicyclic) bond motifs is 1. The van der Waals surface area contributed by atoms with Crippen molar-refractivity contribution in [1.29, 1.82) is 0 Å². The summed E-state index contributed by atoms with van der Waals surface area (Å²) in [6.45, 7) is 0.187. The number of anilines is 1. The van der Waals surface area contributed by atoms with Crippen molar-refractivity contribution in [2.24, 2.45) is 0 Å². The van der Waals surface area contributed by atoms with Crippen LogP contribution in [0.15, 0.2) is 54.6 Å². The highest BCUT2D eigenvalue weighted by Crippen LogP contribution is 2.28. The lowest BCUT2D eigenvalue weighted by Crippen LogP contribution is -2.33. The summed E-state index contributed by atoms with van der Waals surface area (Å²) in [6, 6.07) is 17.0. The van der Waals surface area contributed by atoms with Gasteiger partial charge >= 0.3 is 5.97 Å². The van der Waals surface area contributed by atoms with Gasteiger partial charge in [-0.25, -0.2) is 0 Å². The Balaban J connectivity index is 1.62. The van der Waals surface area contributed by atoms with E-state index in [0.717, 1.165) is 16.8 Å². The van der Waals surface area contributed by atoms with Crippen LogP contribution in [0.5, 0.6) is 0 Å². The number of benzene rings is 2. The number of rotatable bonds is 4. The molecule has 0 saturated heterocycles. The van der Waals surface area contributed by atoms with E-state index < -0.39 is 5.97 Å². The van der Waals surface area contributed by atoms with E-state index in [9.17, 15) is 9.59 Å². The molecule has 0 N–H and O–H groups in total. The Morgan fingerprint density at radius 2 is 1.76 bits per heavy atom. The number of nitrogens with zero attached hydrogens (tertiary/aromatic N) is 1. The fourth-order valence-corrected chi connectivity index (χ4v) is 2.40. The second kappa shape index (κ2) is 5.79. The zero-order chi connectivity index (χ0) is 14.7. The van der Waals surface area contributed by atoms with Crippen molar-refractivity contribution in [2.75, 3.05) is 11.4 Å². The van der Waals surface area contributed by atoms with Crippen LogP contribution in [0, 0.1) is 0 Å². The van der Waals surface area contributed by atoms with Crippen LogP contribution >= 0.6 is 0 Å². The molecule has 0 aliphatic carbocycles. The van der Waals surface area contributed by atoms with E-state index in [4.69, 9.17) is 4.74 Å². The van der Waals surface area contributed by atoms with Crippen molar-refractivity contribution in [2.45, 2.75) is 13.0 Å². The van der Waals surface area contributed by atoms with Crippen LogP contribution in [0.2, 0.25) is 0 Å². The third-order valence-electron chi connectivity index (χ3n) is 3.46. The molecule has 4 nitrogen and oxygen atoms in total. The molecule has 0 spiro atoms. The maximum atomic E-state index is 12.0. The van der Waals surface area contributed by atoms with Crippen LogP contribution in [0.4, 0.5) is 5.69 Å². The molecule has 1 aliphatic heterocycles. The fraction of sp³-hybridized carbons (Fsp3) is 0.176. The van der Waals surface area contributed by atoms with E-state index in [1.165, 1.54) is 4.90 Å². The molecule has 0 unspecified atom stereocenters. The molecule has 1 amide bonds. The number of hydrogen-bond donors (Lipinski definition) is 0. The number of para-hydroxylation sites is 1. The van der Waals surface area contributed by atoms with Crippen LogP contribution in [0.3, 0.4) is 0 Å². The second-order valence-corrected chi connectivity index (χ2v) is 4.93. The largest absolute Gasteiger partial charge is 0.459 e. The average molecular weight is 281 g/mol. The first kappa shape index (κ1) is 13.4. The molecule has 4 heteroatoms. The Hall–Kier alpha value is -2.62. The molecule has 1 heterocycles. The maximum Gasteiger partial charge on any atom is 0.326 e. The van der Waals surface area contributed by atoms with Gasteiger partial charge in [0.15, 0.2) is 0 Å². The van der Waals surface area contributed by atoms with Crippen LogP contribution in [-0.2, 0) is 27.4 Å². The number of carbonyl (C=O) groups is 2. The van der Waals surface area contributed by atoms with Crippen molar-refractivity contribution in [3.63, 3.8) is 0 Å². The zero-order valence-electron chi connectivity index (χ0n) is 11.5. The van der Waals surface area contributed by atoms with Gasteiger partial charge in [0.05, 0.1) is 6.42 Å². The van der Waals surface area contributed by atoms with Crippen LogP contribution < -0.4 is 4.90 Å². The minimum atomic E-state index is -0.399. The van der Waals surface area contributed by atoms with Gasteiger partial charge in [0.25, 0.3) is 0 Å². The van der Waals surface area contributed by atoms with Gasteiger partial charge in [-0.3, -0.25) is 9.59 Å². The highest BCUT2D eigenvalue weighted by molar-refractivity contribution is 6.04. The van der Waals surface area contributed by atoms with Gasteiger partial charge in [0.1, 0.15) is 13.2 Å². The topological polar surface area (TPSA) is 46.6 Å². The van der Waals surface area contributed by atoms with Crippen molar-refractivity contribution < 1.29 is 14.3 Å². The number of hydrogen-bond acceptors (Lipinski definition) is 3. The van der Waals surface area contributed by atoms with Crippen LogP contribution in [0.1, 0.15) is 11.1 Å². The molecule has 1 aliphatic rings. The van der Waals surface area contributed by atoms with E-state index >= 15 is 0 Å². The lowest BCUT2D eigenvalue weighted by atomic mass is 10.2. The normalized spacial score (nSPS) is 13.1. The maximum absolute atomic E-state index is 12.0. The molecule has 0 bridgehead atoms. The summed E-state index contributed by atoms with van der Waals surface area (Å²) in [7, 11) is 0. The van der Waals surface area contributed by atoms with E-state index in [2.05, 4.69) is 0 Å². The summed E-state index contributed by atoms with van der Waals surface area (Å²) < 4.78 is 5.22. The van der Waals surface area contributed by atoms with Gasteiger partial charge in [-0.05, 0) is 17.2 Å². The Kier molecular flexibility index (Phi) is 3.69. The molecule has 0 saturated carbocycles. The summed E-state index contributed by atoms with van der Waals surface area (Å²) >= 11 is 0. The third-order valence-corrected chi connectivity index (χ3v) is 3.46. The molecular formula is C17H15NO3. The first-order valence-electron chi connectivity index (χ1n) is 6.82. The fourth-order valence-electron chi connectivity index (χ4n) is 2.40. The molecule has 21 heavy (non-hydrogen) atoms. The molecule has 0 atom stereocenters. The Morgan fingerprint density at radius 1 is 1.05 bits per heavy atom. The van der Waals surface area contributed by atoms with E-state index in [-0.39, 0.29) is 19.1 Å². The molecule has 0 fully saturated rings. The van der Waals surface area contributed by atoms with Gasteiger partial charge < -0.3 is 9.64 Å². The predicted octanol–water partition coefficient (Wildman–Crippen LogP) is 2.32. The number of amides is 1. The Bertz CT molecular complexity index is 667. The summed E-state index contributed by atoms with van der Waals surface area (Å²) in [5.74, 6) is -0.461. The highest BCUT2D eigenvalue weighted by Gasteiger charge is 2.28. The summed E-state index contributed by atoms with van der Waals surface area (Å²) in [5.41, 5.74) is 2.69. The molecule has 0 radical (unpaired) electrons. The van der Waals surface area contributed by atoms with Gasteiger partial charge in [-0.2, -0.15) is 0 Å². The third kappa shape index (κ3) is 2.94. The second-order valence-electron chi connectivity index (χ2n) is 4.93. The lowest BCUT2D eigenvalue weighted by molar-refractivity contribution is -0.144. The van der Waals surface area contributed by atoms with Crippen molar-refractivity contribution in [3.05, 3.63) is 65.7 Å². The Morgan fingerprint density at radius 3 is 2.57 bits per heavy atom. The SMILES string of the molecule is O=C(CN1C(=O)Cc2ccccc21)OCc1ccccc1. The first-order chi connectivity index (χ1) is 10.2. The minimum absolute atomic E-state index is 0.0390. The smallest absolute Gasteiger partial charge is 0.326 e. The average Bonchev–Trinajstić information content (AvgIpc) is 2.82. The molecular weight excluding hydrogens is 266 g/mol. The quantitative estimate of drug-likeness (QED) is 0.808. The van der Waals surface area contributed by atoms with Crippen LogP contribution in [0.25, 0.3) is 0 Å². The number of esters is 1. The summed E-state index contributed by atoms with van der Waals surface area (Å²) in [6.07, 6.45) is 0.349. The first-order valence-corrected chi connectivity index (χ1v) is 6.82. The van der Waals surface area contributed by atoms with Crippen molar-refractivity contribution in [1.82, 2.24) is 0 Å². The molecule has 2 aromatic rings. The molecule has 3 rings (SSSR count). The van der Waals surface area contributed by atoms with Crippen molar-refractivity contribution in [3.8, 4) is 0 Å². The standard InChI is InChI=1S/C17H15NO3/c19-16-10-14-8-4-5-9-15(14)18(16)11-17(20)21-12-13-6-2-1-3-7-13/h1-9H,10-12H2. The van der Waals surface area contributed by atoms with Crippen molar-refractivity contribution >= 4 is 17.6 Å².